The smallest absolute Gasteiger partial charge is 0.281 e. The van der Waals surface area contributed by atoms with E-state index in [2.05, 4.69) is 26.4 Å². The second-order valence-electron chi connectivity index (χ2n) is 7.00. The lowest BCUT2D eigenvalue weighted by atomic mass is 10.2. The number of carbonyl (C=O) groups is 1. The van der Waals surface area contributed by atoms with Crippen molar-refractivity contribution in [2.24, 2.45) is 0 Å². The zero-order valence-electron chi connectivity index (χ0n) is 16.9. The zero-order chi connectivity index (χ0) is 20.9. The van der Waals surface area contributed by atoms with Crippen LogP contribution in [0.1, 0.15) is 15.9 Å². The van der Waals surface area contributed by atoms with Crippen LogP contribution < -0.4 is 10.2 Å². The van der Waals surface area contributed by atoms with Crippen LogP contribution in [0.25, 0.3) is 11.4 Å². The van der Waals surface area contributed by atoms with E-state index >= 15 is 0 Å². The lowest BCUT2D eigenvalue weighted by Gasteiger charge is -2.14. The molecule has 150 valence electrons. The van der Waals surface area contributed by atoms with Crippen LogP contribution in [0, 0.1) is 0 Å². The van der Waals surface area contributed by atoms with Gasteiger partial charge in [-0.15, -0.1) is 5.10 Å². The molecule has 7 heteroatoms. The summed E-state index contributed by atoms with van der Waals surface area (Å²) in [5.41, 5.74) is 3.46. The Morgan fingerprint density at radius 1 is 1.03 bits per heavy atom. The number of benzene rings is 2. The van der Waals surface area contributed by atoms with E-state index in [-0.39, 0.29) is 5.91 Å². The third-order valence-corrected chi connectivity index (χ3v) is 4.62. The third kappa shape index (κ3) is 4.20. The number of nitrogens with one attached hydrogen (secondary N) is 1. The largest absolute Gasteiger partial charge is 0.378 e. The summed E-state index contributed by atoms with van der Waals surface area (Å²) in [5, 5.41) is 7.73. The van der Waals surface area contributed by atoms with Gasteiger partial charge in [0.25, 0.3) is 5.91 Å². The molecule has 2 aromatic heterocycles. The van der Waals surface area contributed by atoms with E-state index in [4.69, 9.17) is 0 Å². The SMILES string of the molecule is CN(C)c1cccc(CNc2nc(-c3cccnc3)nn2C(=O)c2ccccc2)c1. The predicted octanol–water partition coefficient (Wildman–Crippen LogP) is 3.71. The number of anilines is 2. The van der Waals surface area contributed by atoms with Crippen LogP contribution in [-0.2, 0) is 6.54 Å². The maximum absolute atomic E-state index is 13.1. The van der Waals surface area contributed by atoms with Crippen molar-refractivity contribution in [2.75, 3.05) is 24.3 Å². The van der Waals surface area contributed by atoms with Gasteiger partial charge in [-0.3, -0.25) is 9.78 Å². The number of hydrogen-bond acceptors (Lipinski definition) is 6. The van der Waals surface area contributed by atoms with Gasteiger partial charge in [0.15, 0.2) is 5.82 Å². The molecule has 4 aromatic rings. The molecule has 4 rings (SSSR count). The minimum absolute atomic E-state index is 0.247. The topological polar surface area (TPSA) is 75.9 Å². The van der Waals surface area contributed by atoms with Crippen LogP contribution in [0.15, 0.2) is 79.1 Å². The molecule has 0 aliphatic carbocycles. The zero-order valence-corrected chi connectivity index (χ0v) is 16.9. The van der Waals surface area contributed by atoms with Crippen molar-refractivity contribution in [1.29, 1.82) is 0 Å². The molecular formula is C23H22N6O. The van der Waals surface area contributed by atoms with Crippen LogP contribution in [0.3, 0.4) is 0 Å². The van der Waals surface area contributed by atoms with Gasteiger partial charge in [0, 0.05) is 49.8 Å². The van der Waals surface area contributed by atoms with E-state index in [1.807, 2.05) is 67.5 Å². The fraction of sp³-hybridized carbons (Fsp3) is 0.130. The highest BCUT2D eigenvalue weighted by Gasteiger charge is 2.18. The Bertz CT molecular complexity index is 1140. The average molecular weight is 398 g/mol. The van der Waals surface area contributed by atoms with Crippen molar-refractivity contribution in [2.45, 2.75) is 6.54 Å². The maximum Gasteiger partial charge on any atom is 0.281 e. The summed E-state index contributed by atoms with van der Waals surface area (Å²) < 4.78 is 1.31. The molecule has 0 saturated carbocycles. The first-order chi connectivity index (χ1) is 14.6. The molecule has 2 heterocycles. The number of pyridine rings is 1. The summed E-state index contributed by atoms with van der Waals surface area (Å²) in [6, 6.07) is 20.9. The average Bonchev–Trinajstić information content (AvgIpc) is 3.23. The van der Waals surface area contributed by atoms with Crippen molar-refractivity contribution in [3.05, 3.63) is 90.3 Å². The summed E-state index contributed by atoms with van der Waals surface area (Å²) in [6.45, 7) is 0.509. The highest BCUT2D eigenvalue weighted by atomic mass is 16.2. The maximum atomic E-state index is 13.1. The van der Waals surface area contributed by atoms with E-state index in [1.165, 1.54) is 4.68 Å². The number of rotatable bonds is 6. The van der Waals surface area contributed by atoms with Crippen molar-refractivity contribution in [3.63, 3.8) is 0 Å². The van der Waals surface area contributed by atoms with Gasteiger partial charge in [-0.25, -0.2) is 0 Å². The van der Waals surface area contributed by atoms with E-state index in [0.717, 1.165) is 16.8 Å². The van der Waals surface area contributed by atoms with E-state index in [1.54, 1.807) is 24.5 Å². The summed E-state index contributed by atoms with van der Waals surface area (Å²) in [4.78, 5) is 23.8. The molecule has 30 heavy (non-hydrogen) atoms. The number of hydrogen-bond donors (Lipinski definition) is 1. The predicted molar refractivity (Wildman–Crippen MR) is 118 cm³/mol. The fourth-order valence-corrected chi connectivity index (χ4v) is 3.01. The molecule has 0 amide bonds. The van der Waals surface area contributed by atoms with Crippen molar-refractivity contribution in [3.8, 4) is 11.4 Å². The van der Waals surface area contributed by atoms with Crippen molar-refractivity contribution < 1.29 is 4.79 Å². The minimum Gasteiger partial charge on any atom is -0.378 e. The molecule has 0 bridgehead atoms. The van der Waals surface area contributed by atoms with Gasteiger partial charge >= 0.3 is 0 Å². The lowest BCUT2D eigenvalue weighted by Crippen LogP contribution is -2.17. The molecule has 2 aromatic carbocycles. The minimum atomic E-state index is -0.247. The monoisotopic (exact) mass is 398 g/mol. The molecule has 0 unspecified atom stereocenters. The standard InChI is InChI=1S/C23H22N6O/c1-28(2)20-12-6-8-17(14-20)15-25-23-26-21(19-11-7-13-24-16-19)27-29(23)22(30)18-9-4-3-5-10-18/h3-14,16H,15H2,1-2H3,(H,25,26,27). The fourth-order valence-electron chi connectivity index (χ4n) is 3.01. The number of aromatic nitrogens is 4. The van der Waals surface area contributed by atoms with Gasteiger partial charge in [-0.1, -0.05) is 30.3 Å². The molecular weight excluding hydrogens is 376 g/mol. The van der Waals surface area contributed by atoms with Gasteiger partial charge in [-0.2, -0.15) is 9.67 Å². The first-order valence-electron chi connectivity index (χ1n) is 9.59. The van der Waals surface area contributed by atoms with E-state index in [9.17, 15) is 4.79 Å². The van der Waals surface area contributed by atoms with Crippen LogP contribution in [0.2, 0.25) is 0 Å². The third-order valence-electron chi connectivity index (χ3n) is 4.62. The normalized spacial score (nSPS) is 10.6. The summed E-state index contributed by atoms with van der Waals surface area (Å²) in [6.07, 6.45) is 3.36. The molecule has 0 aliphatic rings. The molecule has 0 atom stereocenters. The summed E-state index contributed by atoms with van der Waals surface area (Å²) in [7, 11) is 4.00. The van der Waals surface area contributed by atoms with Gasteiger partial charge in [0.2, 0.25) is 5.95 Å². The van der Waals surface area contributed by atoms with Crippen LogP contribution in [0.5, 0.6) is 0 Å². The Morgan fingerprint density at radius 3 is 2.60 bits per heavy atom. The number of carbonyl (C=O) groups excluding carboxylic acids is 1. The Kier molecular flexibility index (Phi) is 5.52. The van der Waals surface area contributed by atoms with Crippen LogP contribution in [0.4, 0.5) is 11.6 Å². The van der Waals surface area contributed by atoms with Gasteiger partial charge in [-0.05, 0) is 42.0 Å². The van der Waals surface area contributed by atoms with E-state index < -0.39 is 0 Å². The molecule has 0 aliphatic heterocycles. The van der Waals surface area contributed by atoms with Crippen molar-refractivity contribution >= 4 is 17.5 Å². The van der Waals surface area contributed by atoms with Gasteiger partial charge < -0.3 is 10.2 Å². The lowest BCUT2D eigenvalue weighted by molar-refractivity contribution is 0.0947. The highest BCUT2D eigenvalue weighted by molar-refractivity contribution is 5.97. The molecule has 0 radical (unpaired) electrons. The Balaban J connectivity index is 1.66. The van der Waals surface area contributed by atoms with Crippen molar-refractivity contribution in [1.82, 2.24) is 19.7 Å². The molecule has 0 saturated heterocycles. The summed E-state index contributed by atoms with van der Waals surface area (Å²) >= 11 is 0. The van der Waals surface area contributed by atoms with Crippen LogP contribution >= 0.6 is 0 Å². The van der Waals surface area contributed by atoms with E-state index in [0.29, 0.717) is 23.9 Å². The Hall–Kier alpha value is -4.00. The van der Waals surface area contributed by atoms with Gasteiger partial charge in [0.05, 0.1) is 0 Å². The first-order valence-corrected chi connectivity index (χ1v) is 9.59. The number of nitrogens with zero attached hydrogens (tertiary/aromatic N) is 5. The molecule has 7 nitrogen and oxygen atoms in total. The quantitative estimate of drug-likeness (QED) is 0.534. The summed E-state index contributed by atoms with van der Waals surface area (Å²) in [5.74, 6) is 0.581. The van der Waals surface area contributed by atoms with Crippen LogP contribution in [-0.4, -0.2) is 39.8 Å². The Labute approximate surface area is 175 Å². The molecule has 0 fully saturated rings. The molecule has 1 N–H and O–H groups in total. The second kappa shape index (κ2) is 8.57. The Morgan fingerprint density at radius 2 is 1.87 bits per heavy atom. The second-order valence-corrected chi connectivity index (χ2v) is 7.00. The first kappa shape index (κ1) is 19.3. The molecule has 0 spiro atoms. The van der Waals surface area contributed by atoms with Gasteiger partial charge in [0.1, 0.15) is 0 Å². The highest BCUT2D eigenvalue weighted by Crippen LogP contribution is 2.19.